The van der Waals surface area contributed by atoms with Gasteiger partial charge in [0.1, 0.15) is 11.5 Å². The molecule has 0 spiro atoms. The van der Waals surface area contributed by atoms with Crippen molar-refractivity contribution in [2.24, 2.45) is 0 Å². The number of hydrogen-bond donors (Lipinski definition) is 4. The lowest BCUT2D eigenvalue weighted by atomic mass is 10.0. The average Bonchev–Trinajstić information content (AvgIpc) is 3.10. The fraction of sp³-hybridized carbons (Fsp3) is 0.343. The standard InChI is InChI=1S/C35H43N2O7P/c1-24(2)11-8-12-25(3)13-9-14-26(4)19-20-37-30-21-28(38)22-31(39)34(30)36-33-29(35(37)40)17-10-18-32(33)44-45(41,42)43-23-27-15-6-5-7-16-27/h5-7,10-11,13,15-19,22,28,36,38-39H,8-9,12,14,20-21,23H2,1-4H3,(H,41,42)/b25-13+,26-19+. The van der Waals surface area contributed by atoms with E-state index in [-0.39, 0.29) is 48.0 Å². The average molecular weight is 635 g/mol. The van der Waals surface area contributed by atoms with Crippen LogP contribution < -0.4 is 9.84 Å². The van der Waals surface area contributed by atoms with Gasteiger partial charge in [0, 0.05) is 13.0 Å². The second-order valence-corrected chi connectivity index (χ2v) is 13.0. The highest BCUT2D eigenvalue weighted by atomic mass is 31.2. The highest BCUT2D eigenvalue weighted by Gasteiger charge is 2.35. The molecule has 0 radical (unpaired) electrons. The summed E-state index contributed by atoms with van der Waals surface area (Å²) in [6.45, 7) is 8.41. The molecular formula is C35H43N2O7P. The number of aliphatic hydroxyl groups excluding tert-OH is 2. The zero-order valence-electron chi connectivity index (χ0n) is 26.3. The first-order chi connectivity index (χ1) is 21.4. The quantitative estimate of drug-likeness (QED) is 0.129. The van der Waals surface area contributed by atoms with Crippen LogP contribution in [0.3, 0.4) is 0 Å². The third kappa shape index (κ3) is 9.55. The van der Waals surface area contributed by atoms with E-state index in [4.69, 9.17) is 9.05 Å². The van der Waals surface area contributed by atoms with Crippen molar-refractivity contribution < 1.29 is 33.5 Å². The van der Waals surface area contributed by atoms with Gasteiger partial charge in [-0.15, -0.1) is 0 Å². The maximum Gasteiger partial charge on any atom is 0.527 e. The van der Waals surface area contributed by atoms with Crippen molar-refractivity contribution in [3.8, 4) is 5.75 Å². The number of aliphatic hydroxyl groups is 2. The first-order valence-corrected chi connectivity index (χ1v) is 16.6. The van der Waals surface area contributed by atoms with Gasteiger partial charge in [0.2, 0.25) is 0 Å². The van der Waals surface area contributed by atoms with Crippen molar-refractivity contribution in [2.45, 2.75) is 72.5 Å². The number of hydrogen-bond acceptors (Lipinski definition) is 7. The minimum Gasteiger partial charge on any atom is -0.506 e. The summed E-state index contributed by atoms with van der Waals surface area (Å²) in [5.41, 5.74) is 5.35. The molecule has 240 valence electrons. The number of benzene rings is 2. The van der Waals surface area contributed by atoms with Crippen molar-refractivity contribution in [1.82, 2.24) is 4.90 Å². The zero-order valence-corrected chi connectivity index (χ0v) is 27.2. The summed E-state index contributed by atoms with van der Waals surface area (Å²) in [7, 11) is -4.61. The van der Waals surface area contributed by atoms with E-state index in [1.165, 1.54) is 28.2 Å². The molecule has 2 aliphatic rings. The number of nitrogens with zero attached hydrogens (tertiary/aromatic N) is 1. The van der Waals surface area contributed by atoms with E-state index in [1.54, 1.807) is 36.4 Å². The molecule has 10 heteroatoms. The summed E-state index contributed by atoms with van der Waals surface area (Å²) in [5, 5.41) is 24.4. The molecular weight excluding hydrogens is 591 g/mol. The molecule has 2 atom stereocenters. The molecule has 0 bridgehead atoms. The summed E-state index contributed by atoms with van der Waals surface area (Å²) in [6, 6.07) is 13.5. The van der Waals surface area contributed by atoms with E-state index in [1.807, 2.05) is 19.1 Å². The Morgan fingerprint density at radius 2 is 1.69 bits per heavy atom. The van der Waals surface area contributed by atoms with E-state index >= 15 is 0 Å². The van der Waals surface area contributed by atoms with Gasteiger partial charge in [-0.2, -0.15) is 0 Å². The number of phosphoric acid groups is 1. The molecule has 0 aromatic heterocycles. The van der Waals surface area contributed by atoms with Gasteiger partial charge in [0.25, 0.3) is 5.91 Å². The molecule has 4 rings (SSSR count). The van der Waals surface area contributed by atoms with Crippen LogP contribution in [0.25, 0.3) is 0 Å². The normalized spacial score (nSPS) is 18.3. The van der Waals surface area contributed by atoms with Crippen LogP contribution in [0.1, 0.15) is 75.7 Å². The summed E-state index contributed by atoms with van der Waals surface area (Å²) in [4.78, 5) is 26.0. The van der Waals surface area contributed by atoms with Crippen LogP contribution in [0.15, 0.2) is 107 Å². The molecule has 9 nitrogen and oxygen atoms in total. The van der Waals surface area contributed by atoms with E-state index < -0.39 is 19.8 Å². The van der Waals surface area contributed by atoms with Crippen LogP contribution in [-0.2, 0) is 15.7 Å². The van der Waals surface area contributed by atoms with Gasteiger partial charge >= 0.3 is 7.82 Å². The summed E-state index contributed by atoms with van der Waals surface area (Å²) >= 11 is 0. The maximum absolute atomic E-state index is 14.0. The largest absolute Gasteiger partial charge is 0.527 e. The predicted octanol–water partition coefficient (Wildman–Crippen LogP) is 8.09. The van der Waals surface area contributed by atoms with Crippen molar-refractivity contribution in [2.75, 3.05) is 11.9 Å². The second kappa shape index (κ2) is 15.4. The van der Waals surface area contributed by atoms with E-state index in [0.717, 1.165) is 31.3 Å². The summed E-state index contributed by atoms with van der Waals surface area (Å²) in [5.74, 6) is -0.746. The van der Waals surface area contributed by atoms with Crippen LogP contribution in [0, 0.1) is 0 Å². The first-order valence-electron chi connectivity index (χ1n) is 15.1. The van der Waals surface area contributed by atoms with Gasteiger partial charge in [-0.3, -0.25) is 14.2 Å². The topological polar surface area (TPSA) is 129 Å². The third-order valence-corrected chi connectivity index (χ3v) is 8.45. The molecule has 2 unspecified atom stereocenters. The number of anilines is 1. The summed E-state index contributed by atoms with van der Waals surface area (Å²) in [6.07, 6.45) is 10.6. The highest BCUT2D eigenvalue weighted by Crippen LogP contribution is 2.49. The van der Waals surface area contributed by atoms with Crippen LogP contribution in [0.2, 0.25) is 0 Å². The van der Waals surface area contributed by atoms with Crippen LogP contribution >= 0.6 is 7.82 Å². The Labute approximate surface area is 265 Å². The number of fused-ring (bicyclic) bond motifs is 1. The van der Waals surface area contributed by atoms with Crippen LogP contribution in [0.4, 0.5) is 5.69 Å². The van der Waals surface area contributed by atoms with Crippen molar-refractivity contribution in [3.05, 3.63) is 118 Å². The molecule has 1 heterocycles. The monoisotopic (exact) mass is 634 g/mol. The van der Waals surface area contributed by atoms with E-state index in [2.05, 4.69) is 38.2 Å². The molecule has 4 N–H and O–H groups in total. The van der Waals surface area contributed by atoms with E-state index in [9.17, 15) is 24.5 Å². The highest BCUT2D eigenvalue weighted by molar-refractivity contribution is 7.47. The number of amides is 1. The van der Waals surface area contributed by atoms with E-state index in [0.29, 0.717) is 11.3 Å². The Morgan fingerprint density at radius 1 is 1.00 bits per heavy atom. The van der Waals surface area contributed by atoms with Gasteiger partial charge in [0.15, 0.2) is 5.75 Å². The van der Waals surface area contributed by atoms with Crippen LogP contribution in [0.5, 0.6) is 5.75 Å². The first kappa shape index (κ1) is 34.0. The van der Waals surface area contributed by atoms with Gasteiger partial charge < -0.3 is 25.0 Å². The number of allylic oxidation sites excluding steroid dienone is 5. The Hall–Kier alpha value is -3.88. The molecule has 0 saturated carbocycles. The Kier molecular flexibility index (Phi) is 11.6. The molecule has 1 aliphatic carbocycles. The van der Waals surface area contributed by atoms with Crippen LogP contribution in [-0.4, -0.2) is 38.6 Å². The molecule has 0 saturated heterocycles. The number of rotatable bonds is 13. The zero-order chi connectivity index (χ0) is 32.6. The Morgan fingerprint density at radius 3 is 2.40 bits per heavy atom. The van der Waals surface area contributed by atoms with Gasteiger partial charge in [-0.1, -0.05) is 71.3 Å². The Balaban J connectivity index is 1.55. The molecule has 2 aromatic carbocycles. The maximum atomic E-state index is 14.0. The lowest BCUT2D eigenvalue weighted by Crippen LogP contribution is -2.34. The second-order valence-electron chi connectivity index (χ2n) is 11.6. The molecule has 1 amide bonds. The SMILES string of the molecule is CC(C)=CCC/C(C)=C/CC/C(C)=C/CN1C(=O)c2cccc(OP(=O)(O)OCc3ccccc3)c2NC2=C1CC(O)C=C2O. The third-order valence-electron chi connectivity index (χ3n) is 7.57. The minimum absolute atomic E-state index is 0.0848. The number of para-hydroxylation sites is 1. The fourth-order valence-electron chi connectivity index (χ4n) is 5.12. The lowest BCUT2D eigenvalue weighted by molar-refractivity contribution is 0.0804. The fourth-order valence-corrected chi connectivity index (χ4v) is 5.89. The van der Waals surface area contributed by atoms with Gasteiger partial charge in [-0.05, 0) is 77.2 Å². The molecule has 45 heavy (non-hydrogen) atoms. The Bertz CT molecular complexity index is 1590. The number of carbonyl (C=O) groups is 1. The minimum atomic E-state index is -4.61. The van der Waals surface area contributed by atoms with Crippen molar-refractivity contribution >= 4 is 19.4 Å². The molecule has 2 aromatic rings. The van der Waals surface area contributed by atoms with Gasteiger partial charge in [0.05, 0.1) is 29.7 Å². The lowest BCUT2D eigenvalue weighted by Gasteiger charge is -2.28. The number of carbonyl (C=O) groups excluding carboxylic acids is 1. The molecule has 0 fully saturated rings. The number of nitrogens with one attached hydrogen (secondary N) is 1. The number of phosphoric ester groups is 1. The molecule has 1 aliphatic heterocycles. The smallest absolute Gasteiger partial charge is 0.506 e. The van der Waals surface area contributed by atoms with Crippen molar-refractivity contribution in [1.29, 1.82) is 0 Å². The summed E-state index contributed by atoms with van der Waals surface area (Å²) < 4.78 is 23.6. The predicted molar refractivity (Wildman–Crippen MR) is 177 cm³/mol. The van der Waals surface area contributed by atoms with Gasteiger partial charge in [-0.25, -0.2) is 4.57 Å². The van der Waals surface area contributed by atoms with Crippen molar-refractivity contribution in [3.63, 3.8) is 0 Å².